The number of amides is 1. The second kappa shape index (κ2) is 6.41. The van der Waals surface area contributed by atoms with Crippen molar-refractivity contribution >= 4 is 5.91 Å². The number of carbonyl (C=O) groups excluding carboxylic acids is 1. The van der Waals surface area contributed by atoms with Gasteiger partial charge in [0.05, 0.1) is 17.8 Å². The third-order valence-corrected chi connectivity index (χ3v) is 5.44. The maximum absolute atomic E-state index is 12.9. The Hall–Kier alpha value is -1.36. The molecule has 0 radical (unpaired) electrons. The number of aromatic nitrogens is 2. The predicted octanol–water partition coefficient (Wildman–Crippen LogP) is 2.54. The Morgan fingerprint density at radius 1 is 1.32 bits per heavy atom. The first-order valence-electron chi connectivity index (χ1n) is 8.57. The van der Waals surface area contributed by atoms with E-state index < -0.39 is 0 Å². The van der Waals surface area contributed by atoms with Crippen molar-refractivity contribution in [3.8, 4) is 0 Å². The zero-order chi connectivity index (χ0) is 15.7. The molecular formula is C17H27N3O2. The quantitative estimate of drug-likeness (QED) is 0.933. The highest BCUT2D eigenvalue weighted by atomic mass is 16.3. The van der Waals surface area contributed by atoms with Crippen LogP contribution in [0.2, 0.25) is 0 Å². The summed E-state index contributed by atoms with van der Waals surface area (Å²) in [5.74, 6) is 0.290. The van der Waals surface area contributed by atoms with Crippen molar-refractivity contribution in [2.45, 2.75) is 64.5 Å². The molecule has 1 aromatic rings. The number of nitrogens with zero attached hydrogens (tertiary/aromatic N) is 3. The van der Waals surface area contributed by atoms with E-state index in [2.05, 4.69) is 16.7 Å². The predicted molar refractivity (Wildman–Crippen MR) is 84.8 cm³/mol. The average Bonchev–Trinajstić information content (AvgIpc) is 3.16. The third kappa shape index (κ3) is 2.78. The third-order valence-electron chi connectivity index (χ3n) is 5.44. The van der Waals surface area contributed by atoms with Crippen molar-refractivity contribution in [2.75, 3.05) is 13.2 Å². The van der Waals surface area contributed by atoms with Crippen LogP contribution in [0.5, 0.6) is 0 Å². The zero-order valence-electron chi connectivity index (χ0n) is 13.7. The lowest BCUT2D eigenvalue weighted by atomic mass is 9.93. The largest absolute Gasteiger partial charge is 0.396 e. The number of hydrogen-bond acceptors (Lipinski definition) is 3. The van der Waals surface area contributed by atoms with Crippen LogP contribution in [-0.2, 0) is 0 Å². The highest BCUT2D eigenvalue weighted by Crippen LogP contribution is 2.31. The lowest BCUT2D eigenvalue weighted by Crippen LogP contribution is -2.46. The van der Waals surface area contributed by atoms with E-state index in [9.17, 15) is 9.90 Å². The Morgan fingerprint density at radius 2 is 2.05 bits per heavy atom. The van der Waals surface area contributed by atoms with Crippen LogP contribution in [0.15, 0.2) is 6.20 Å². The van der Waals surface area contributed by atoms with E-state index in [0.717, 1.165) is 24.1 Å². The van der Waals surface area contributed by atoms with Gasteiger partial charge in [0, 0.05) is 24.9 Å². The van der Waals surface area contributed by atoms with Crippen molar-refractivity contribution in [1.29, 1.82) is 0 Å². The molecule has 1 saturated carbocycles. The molecule has 5 heteroatoms. The fraction of sp³-hybridized carbons (Fsp3) is 0.765. The highest BCUT2D eigenvalue weighted by molar-refractivity contribution is 5.95. The molecule has 122 valence electrons. The van der Waals surface area contributed by atoms with Gasteiger partial charge in [0.25, 0.3) is 5.91 Å². The molecule has 0 bridgehead atoms. The van der Waals surface area contributed by atoms with Crippen LogP contribution in [0, 0.1) is 12.8 Å². The standard InChI is InChI=1S/C17H27N3O2/c1-12-7-8-14(11-21)10-19(12)17(22)16-9-18-20(13(16)2)15-5-3-4-6-15/h9,12,14-15,21H,3-8,10-11H2,1-2H3. The number of aliphatic hydroxyl groups is 1. The van der Waals surface area contributed by atoms with Crippen LogP contribution < -0.4 is 0 Å². The van der Waals surface area contributed by atoms with Gasteiger partial charge in [-0.25, -0.2) is 0 Å². The molecule has 0 aromatic carbocycles. The normalized spacial score (nSPS) is 26.6. The van der Waals surface area contributed by atoms with Gasteiger partial charge in [-0.1, -0.05) is 12.8 Å². The van der Waals surface area contributed by atoms with E-state index in [1.807, 2.05) is 11.8 Å². The molecular weight excluding hydrogens is 278 g/mol. The van der Waals surface area contributed by atoms with E-state index >= 15 is 0 Å². The summed E-state index contributed by atoms with van der Waals surface area (Å²) in [7, 11) is 0. The van der Waals surface area contributed by atoms with Crippen molar-refractivity contribution in [2.24, 2.45) is 5.92 Å². The Morgan fingerprint density at radius 3 is 2.73 bits per heavy atom. The number of aliphatic hydroxyl groups excluding tert-OH is 1. The summed E-state index contributed by atoms with van der Waals surface area (Å²) in [5.41, 5.74) is 1.73. The Balaban J connectivity index is 1.79. The summed E-state index contributed by atoms with van der Waals surface area (Å²) in [6.45, 7) is 4.93. The Bertz CT molecular complexity index is 534. The Labute approximate surface area is 132 Å². The van der Waals surface area contributed by atoms with Gasteiger partial charge in [-0.3, -0.25) is 9.48 Å². The summed E-state index contributed by atoms with van der Waals surface area (Å²) >= 11 is 0. The number of carbonyl (C=O) groups is 1. The van der Waals surface area contributed by atoms with Gasteiger partial charge in [-0.2, -0.15) is 5.10 Å². The Kier molecular flexibility index (Phi) is 4.52. The summed E-state index contributed by atoms with van der Waals surface area (Å²) < 4.78 is 2.05. The molecule has 1 saturated heterocycles. The fourth-order valence-electron chi connectivity index (χ4n) is 3.92. The molecule has 2 atom stereocenters. The van der Waals surface area contributed by atoms with E-state index in [1.165, 1.54) is 25.7 Å². The maximum Gasteiger partial charge on any atom is 0.257 e. The van der Waals surface area contributed by atoms with Crippen LogP contribution in [0.3, 0.4) is 0 Å². The first-order chi connectivity index (χ1) is 10.6. The van der Waals surface area contributed by atoms with Gasteiger partial charge in [0.1, 0.15) is 0 Å². The summed E-state index contributed by atoms with van der Waals surface area (Å²) in [6.07, 6.45) is 8.56. The van der Waals surface area contributed by atoms with Gasteiger partial charge in [-0.15, -0.1) is 0 Å². The smallest absolute Gasteiger partial charge is 0.257 e. The minimum atomic E-state index is 0.0763. The molecule has 22 heavy (non-hydrogen) atoms. The first kappa shape index (κ1) is 15.5. The van der Waals surface area contributed by atoms with E-state index in [4.69, 9.17) is 0 Å². The average molecular weight is 305 g/mol. The molecule has 1 N–H and O–H groups in total. The van der Waals surface area contributed by atoms with E-state index in [1.54, 1.807) is 6.20 Å². The fourth-order valence-corrected chi connectivity index (χ4v) is 3.92. The zero-order valence-corrected chi connectivity index (χ0v) is 13.7. The summed E-state index contributed by atoms with van der Waals surface area (Å²) in [5, 5.41) is 13.9. The van der Waals surface area contributed by atoms with E-state index in [0.29, 0.717) is 12.6 Å². The van der Waals surface area contributed by atoms with Crippen LogP contribution >= 0.6 is 0 Å². The molecule has 0 spiro atoms. The molecule has 1 aliphatic heterocycles. The summed E-state index contributed by atoms with van der Waals surface area (Å²) in [6, 6.07) is 0.704. The maximum atomic E-state index is 12.9. The second-order valence-corrected chi connectivity index (χ2v) is 6.96. The highest BCUT2D eigenvalue weighted by Gasteiger charge is 2.31. The molecule has 1 amide bonds. The van der Waals surface area contributed by atoms with Gasteiger partial charge in [0.15, 0.2) is 0 Å². The summed E-state index contributed by atoms with van der Waals surface area (Å²) in [4.78, 5) is 14.8. The van der Waals surface area contributed by atoms with Crippen molar-refractivity contribution in [3.63, 3.8) is 0 Å². The molecule has 2 unspecified atom stereocenters. The minimum absolute atomic E-state index is 0.0763. The number of piperidine rings is 1. The molecule has 1 aliphatic carbocycles. The molecule has 3 rings (SSSR count). The molecule has 2 aliphatic rings. The number of rotatable bonds is 3. The minimum Gasteiger partial charge on any atom is -0.396 e. The van der Waals surface area contributed by atoms with Crippen molar-refractivity contribution < 1.29 is 9.90 Å². The van der Waals surface area contributed by atoms with Crippen molar-refractivity contribution in [1.82, 2.24) is 14.7 Å². The first-order valence-corrected chi connectivity index (χ1v) is 8.57. The second-order valence-electron chi connectivity index (χ2n) is 6.96. The number of likely N-dealkylation sites (tertiary alicyclic amines) is 1. The molecule has 5 nitrogen and oxygen atoms in total. The van der Waals surface area contributed by atoms with Crippen molar-refractivity contribution in [3.05, 3.63) is 17.5 Å². The molecule has 1 aromatic heterocycles. The monoisotopic (exact) mass is 305 g/mol. The van der Waals surface area contributed by atoms with Crippen LogP contribution in [0.25, 0.3) is 0 Å². The molecule has 2 fully saturated rings. The van der Waals surface area contributed by atoms with Gasteiger partial charge >= 0.3 is 0 Å². The topological polar surface area (TPSA) is 58.4 Å². The van der Waals surface area contributed by atoms with Crippen LogP contribution in [0.4, 0.5) is 0 Å². The lowest BCUT2D eigenvalue weighted by Gasteiger charge is -2.37. The van der Waals surface area contributed by atoms with Crippen LogP contribution in [-0.4, -0.2) is 44.9 Å². The van der Waals surface area contributed by atoms with Gasteiger partial charge in [-0.05, 0) is 45.4 Å². The van der Waals surface area contributed by atoms with Gasteiger partial charge in [0.2, 0.25) is 0 Å². The lowest BCUT2D eigenvalue weighted by molar-refractivity contribution is 0.0488. The van der Waals surface area contributed by atoms with E-state index in [-0.39, 0.29) is 24.5 Å². The van der Waals surface area contributed by atoms with Crippen LogP contribution in [0.1, 0.15) is 67.5 Å². The molecule has 2 heterocycles. The SMILES string of the molecule is Cc1c(C(=O)N2CC(CO)CCC2C)cnn1C1CCCC1. The number of hydrogen-bond donors (Lipinski definition) is 1. The van der Waals surface area contributed by atoms with Gasteiger partial charge < -0.3 is 10.0 Å².